The Balaban J connectivity index is 3.24. The van der Waals surface area contributed by atoms with Crippen molar-refractivity contribution in [3.8, 4) is 0 Å². The van der Waals surface area contributed by atoms with Crippen molar-refractivity contribution < 1.29 is 49.1 Å². The normalized spacial score (nSPS) is 10.5. The van der Waals surface area contributed by atoms with Gasteiger partial charge in [-0.15, -0.1) is 0 Å². The number of H-pyrrole nitrogens is 1. The fourth-order valence-electron chi connectivity index (χ4n) is 2.46. The SMILES string of the molecule is CCOC(=O)c1c(C(=O)O)c(C(=O)O)c(C(=O)O)c2n[nH]c(C(=O)O)c12. The van der Waals surface area contributed by atoms with Gasteiger partial charge in [-0.25, -0.2) is 24.0 Å². The third-order valence-corrected chi connectivity index (χ3v) is 3.34. The number of esters is 1. The van der Waals surface area contributed by atoms with Crippen LogP contribution in [0.1, 0.15) is 58.8 Å². The van der Waals surface area contributed by atoms with Crippen molar-refractivity contribution in [1.82, 2.24) is 10.2 Å². The molecule has 0 saturated heterocycles. The van der Waals surface area contributed by atoms with Crippen LogP contribution < -0.4 is 0 Å². The van der Waals surface area contributed by atoms with Crippen molar-refractivity contribution in [2.24, 2.45) is 0 Å². The summed E-state index contributed by atoms with van der Waals surface area (Å²) in [4.78, 5) is 58.3. The van der Waals surface area contributed by atoms with Crippen molar-refractivity contribution in [3.63, 3.8) is 0 Å². The van der Waals surface area contributed by atoms with E-state index in [4.69, 9.17) is 0 Å². The topological polar surface area (TPSA) is 204 Å². The van der Waals surface area contributed by atoms with E-state index in [1.807, 2.05) is 5.10 Å². The summed E-state index contributed by atoms with van der Waals surface area (Å²) in [5.41, 5.74) is -5.89. The molecule has 1 aromatic heterocycles. The highest BCUT2D eigenvalue weighted by Gasteiger charge is 2.37. The zero-order chi connectivity index (χ0) is 19.8. The van der Waals surface area contributed by atoms with Crippen molar-refractivity contribution in [2.45, 2.75) is 6.92 Å². The lowest BCUT2D eigenvalue weighted by Crippen LogP contribution is -2.21. The van der Waals surface area contributed by atoms with E-state index in [2.05, 4.69) is 9.84 Å². The van der Waals surface area contributed by atoms with Gasteiger partial charge in [0.2, 0.25) is 0 Å². The van der Waals surface area contributed by atoms with Gasteiger partial charge in [-0.2, -0.15) is 5.10 Å². The highest BCUT2D eigenvalue weighted by atomic mass is 16.5. The van der Waals surface area contributed by atoms with Gasteiger partial charge in [0.15, 0.2) is 5.69 Å². The molecule has 2 rings (SSSR count). The molecule has 136 valence electrons. The van der Waals surface area contributed by atoms with Gasteiger partial charge in [-0.05, 0) is 6.92 Å². The van der Waals surface area contributed by atoms with Crippen molar-refractivity contribution >= 4 is 40.7 Å². The summed E-state index contributed by atoms with van der Waals surface area (Å²) in [5.74, 6) is -8.78. The number of nitrogens with zero attached hydrogens (tertiary/aromatic N) is 1. The number of aromatic amines is 1. The lowest BCUT2D eigenvalue weighted by atomic mass is 9.91. The zero-order valence-corrected chi connectivity index (χ0v) is 12.9. The number of carboxylic acid groups (broad SMARTS) is 4. The van der Waals surface area contributed by atoms with E-state index in [-0.39, 0.29) is 6.61 Å². The van der Waals surface area contributed by atoms with Gasteiger partial charge in [0.05, 0.1) is 28.7 Å². The first-order chi connectivity index (χ1) is 12.1. The lowest BCUT2D eigenvalue weighted by Gasteiger charge is -2.13. The standard InChI is InChI=1S/C14H10N2O10/c1-2-26-14(25)5-3(10(17)18)4(11(19)20)7(12(21)22)8-6(5)9(13(23)24)16-15-8/h2H2,1H3,(H,15,16)(H,17,18)(H,19,20)(H,21,22)(H,23,24). The van der Waals surface area contributed by atoms with Gasteiger partial charge in [0.25, 0.3) is 0 Å². The smallest absolute Gasteiger partial charge is 0.354 e. The van der Waals surface area contributed by atoms with E-state index in [9.17, 15) is 44.4 Å². The summed E-state index contributed by atoms with van der Waals surface area (Å²) < 4.78 is 4.69. The quantitative estimate of drug-likeness (QED) is 0.446. The number of hydrogen-bond acceptors (Lipinski definition) is 7. The van der Waals surface area contributed by atoms with Gasteiger partial charge in [0, 0.05) is 0 Å². The summed E-state index contributed by atoms with van der Waals surface area (Å²) in [7, 11) is 0. The summed E-state index contributed by atoms with van der Waals surface area (Å²) in [5, 5.41) is 42.0. The molecule has 1 heterocycles. The molecule has 0 atom stereocenters. The molecule has 2 aromatic rings. The molecule has 0 aliphatic heterocycles. The molecule has 0 saturated carbocycles. The monoisotopic (exact) mass is 366 g/mol. The number of rotatable bonds is 6. The molecule has 0 fully saturated rings. The summed E-state index contributed by atoms with van der Waals surface area (Å²) in [6.45, 7) is 1.15. The van der Waals surface area contributed by atoms with Crippen LogP contribution in [0.5, 0.6) is 0 Å². The maximum Gasteiger partial charge on any atom is 0.354 e. The largest absolute Gasteiger partial charge is 0.478 e. The second-order valence-electron chi connectivity index (χ2n) is 4.76. The predicted molar refractivity (Wildman–Crippen MR) is 79.9 cm³/mol. The molecule has 1 aromatic carbocycles. The Morgan fingerprint density at radius 1 is 0.846 bits per heavy atom. The van der Waals surface area contributed by atoms with Gasteiger partial charge in [-0.3, -0.25) is 5.10 Å². The fraction of sp³-hybridized carbons (Fsp3) is 0.143. The third kappa shape index (κ3) is 2.68. The van der Waals surface area contributed by atoms with E-state index in [0.29, 0.717) is 0 Å². The minimum Gasteiger partial charge on any atom is -0.478 e. The molecule has 12 nitrogen and oxygen atoms in total. The fourth-order valence-corrected chi connectivity index (χ4v) is 2.46. The number of benzene rings is 1. The Kier molecular flexibility index (Phi) is 4.60. The number of fused-ring (bicyclic) bond motifs is 1. The van der Waals surface area contributed by atoms with E-state index in [0.717, 1.165) is 0 Å². The van der Waals surface area contributed by atoms with Crippen LogP contribution in [0.15, 0.2) is 0 Å². The molecule has 12 heteroatoms. The number of nitrogens with one attached hydrogen (secondary N) is 1. The van der Waals surface area contributed by atoms with Crippen LogP contribution in [0.2, 0.25) is 0 Å². The minimum absolute atomic E-state index is 0.233. The second kappa shape index (κ2) is 6.51. The zero-order valence-electron chi connectivity index (χ0n) is 12.9. The minimum atomic E-state index is -1.95. The van der Waals surface area contributed by atoms with E-state index in [1.54, 1.807) is 0 Å². The number of aromatic nitrogens is 2. The van der Waals surface area contributed by atoms with Gasteiger partial charge >= 0.3 is 29.8 Å². The maximum absolute atomic E-state index is 12.3. The number of ether oxygens (including phenoxy) is 1. The first kappa shape index (κ1) is 18.4. The van der Waals surface area contributed by atoms with Crippen LogP contribution in [-0.4, -0.2) is 67.1 Å². The Hall–Kier alpha value is -3.96. The average molecular weight is 366 g/mol. The van der Waals surface area contributed by atoms with Crippen LogP contribution in [-0.2, 0) is 4.74 Å². The molecule has 0 aliphatic carbocycles. The predicted octanol–water partition coefficient (Wildman–Crippen LogP) is 0.532. The molecule has 0 aliphatic rings. The second-order valence-corrected chi connectivity index (χ2v) is 4.76. The summed E-state index contributed by atoms with van der Waals surface area (Å²) in [6.07, 6.45) is 0. The van der Waals surface area contributed by atoms with Crippen LogP contribution >= 0.6 is 0 Å². The van der Waals surface area contributed by atoms with E-state index >= 15 is 0 Å². The molecular weight excluding hydrogens is 356 g/mol. The molecule has 26 heavy (non-hydrogen) atoms. The number of carbonyl (C=O) groups excluding carboxylic acids is 1. The number of carbonyl (C=O) groups is 5. The molecule has 0 unspecified atom stereocenters. The summed E-state index contributed by atoms with van der Waals surface area (Å²) >= 11 is 0. The first-order valence-electron chi connectivity index (χ1n) is 6.81. The third-order valence-electron chi connectivity index (χ3n) is 3.34. The highest BCUT2D eigenvalue weighted by Crippen LogP contribution is 2.33. The Labute approximate surface area is 142 Å². The van der Waals surface area contributed by atoms with Crippen LogP contribution in [0.4, 0.5) is 0 Å². The van der Waals surface area contributed by atoms with E-state index < -0.39 is 68.7 Å². The van der Waals surface area contributed by atoms with E-state index in [1.165, 1.54) is 6.92 Å². The van der Waals surface area contributed by atoms with Crippen LogP contribution in [0, 0.1) is 0 Å². The number of carboxylic acids is 4. The molecule has 0 spiro atoms. The van der Waals surface area contributed by atoms with Gasteiger partial charge in [-0.1, -0.05) is 0 Å². The average Bonchev–Trinajstić information content (AvgIpc) is 2.96. The molecular formula is C14H10N2O10. The van der Waals surface area contributed by atoms with Crippen LogP contribution in [0.3, 0.4) is 0 Å². The van der Waals surface area contributed by atoms with Crippen molar-refractivity contribution in [3.05, 3.63) is 27.9 Å². The van der Waals surface area contributed by atoms with Crippen molar-refractivity contribution in [1.29, 1.82) is 0 Å². The van der Waals surface area contributed by atoms with Crippen molar-refractivity contribution in [2.75, 3.05) is 6.61 Å². The van der Waals surface area contributed by atoms with Crippen LogP contribution in [0.25, 0.3) is 10.9 Å². The molecule has 0 radical (unpaired) electrons. The van der Waals surface area contributed by atoms with Gasteiger partial charge < -0.3 is 25.2 Å². The number of aromatic carboxylic acids is 4. The first-order valence-corrected chi connectivity index (χ1v) is 6.81. The highest BCUT2D eigenvalue weighted by molar-refractivity contribution is 6.25. The maximum atomic E-state index is 12.3. The van der Waals surface area contributed by atoms with Gasteiger partial charge in [0.1, 0.15) is 11.1 Å². The molecule has 5 N–H and O–H groups in total. The molecule has 0 amide bonds. The number of hydrogen-bond donors (Lipinski definition) is 5. The molecule has 0 bridgehead atoms. The lowest BCUT2D eigenvalue weighted by molar-refractivity contribution is 0.0515. The Bertz CT molecular complexity index is 988. The Morgan fingerprint density at radius 2 is 1.35 bits per heavy atom. The Morgan fingerprint density at radius 3 is 1.77 bits per heavy atom. The summed E-state index contributed by atoms with van der Waals surface area (Å²) in [6, 6.07) is 0.